The summed E-state index contributed by atoms with van der Waals surface area (Å²) in [6, 6.07) is 7.33. The van der Waals surface area contributed by atoms with Crippen molar-refractivity contribution in [1.82, 2.24) is 19.6 Å². The van der Waals surface area contributed by atoms with Crippen LogP contribution < -0.4 is 0 Å². The van der Waals surface area contributed by atoms with Crippen LogP contribution in [0.5, 0.6) is 0 Å². The van der Waals surface area contributed by atoms with E-state index in [-0.39, 0.29) is 11.7 Å². The zero-order valence-electron chi connectivity index (χ0n) is 16.9. The van der Waals surface area contributed by atoms with Gasteiger partial charge in [-0.25, -0.2) is 0 Å². The molecule has 1 aromatic heterocycles. The van der Waals surface area contributed by atoms with Gasteiger partial charge in [0, 0.05) is 30.8 Å². The van der Waals surface area contributed by atoms with Gasteiger partial charge in [0.15, 0.2) is 5.69 Å². The number of aryl methyl sites for hydroxylation is 1. The molecular formula is C20H28N4O4S. The van der Waals surface area contributed by atoms with Gasteiger partial charge in [0.05, 0.1) is 29.6 Å². The number of benzene rings is 1. The van der Waals surface area contributed by atoms with Crippen molar-refractivity contribution in [2.75, 3.05) is 46.9 Å². The lowest BCUT2D eigenvalue weighted by molar-refractivity contribution is 0.0298. The molecule has 2 aliphatic rings. The molecule has 0 unspecified atom stereocenters. The van der Waals surface area contributed by atoms with Crippen LogP contribution in [0.1, 0.15) is 22.5 Å². The molecule has 0 atom stereocenters. The highest BCUT2D eigenvalue weighted by molar-refractivity contribution is 8.23. The maximum Gasteiger partial charge on any atom is 0.274 e. The van der Waals surface area contributed by atoms with E-state index in [1.165, 1.54) is 0 Å². The molecule has 0 saturated carbocycles. The van der Waals surface area contributed by atoms with Crippen LogP contribution in [-0.2, 0) is 17.0 Å². The Bertz CT molecular complexity index is 906. The molecule has 3 heterocycles. The minimum atomic E-state index is -3.02. The summed E-state index contributed by atoms with van der Waals surface area (Å²) in [5.41, 5.74) is 2.57. The smallest absolute Gasteiger partial charge is 0.274 e. The van der Waals surface area contributed by atoms with Crippen LogP contribution in [0.4, 0.5) is 0 Å². The lowest BCUT2D eigenvalue weighted by atomic mass is 10.1. The molecular weight excluding hydrogens is 392 g/mol. The number of amides is 1. The molecule has 2 aromatic rings. The van der Waals surface area contributed by atoms with E-state index in [1.807, 2.05) is 37.0 Å². The summed E-state index contributed by atoms with van der Waals surface area (Å²) in [4.78, 5) is 17.6. The molecule has 1 amide bonds. The Morgan fingerprint density at radius 3 is 2.69 bits per heavy atom. The molecule has 0 radical (unpaired) electrons. The number of carbonyl (C=O) groups excluding carboxylic acids is 1. The van der Waals surface area contributed by atoms with Gasteiger partial charge in [-0.15, -0.1) is 0 Å². The first-order valence-electron chi connectivity index (χ1n) is 9.85. The molecule has 0 aliphatic carbocycles. The van der Waals surface area contributed by atoms with Gasteiger partial charge in [-0.05, 0) is 33.1 Å². The highest BCUT2D eigenvalue weighted by atomic mass is 32.3. The molecule has 1 aromatic carbocycles. The van der Waals surface area contributed by atoms with Gasteiger partial charge in [-0.1, -0.05) is 18.2 Å². The Balaban J connectivity index is 1.78. The van der Waals surface area contributed by atoms with Gasteiger partial charge in [-0.2, -0.15) is 15.7 Å². The molecule has 8 nitrogen and oxygen atoms in total. The van der Waals surface area contributed by atoms with Crippen molar-refractivity contribution in [3.05, 3.63) is 35.5 Å². The number of ether oxygens (including phenoxy) is 1. The van der Waals surface area contributed by atoms with Crippen LogP contribution in [0, 0.1) is 0 Å². The van der Waals surface area contributed by atoms with Crippen LogP contribution in [0.3, 0.4) is 0 Å². The molecule has 2 N–H and O–H groups in total. The molecule has 2 aliphatic heterocycles. The highest BCUT2D eigenvalue weighted by Gasteiger charge is 2.36. The van der Waals surface area contributed by atoms with Crippen LogP contribution >= 0.6 is 10.6 Å². The second kappa shape index (κ2) is 8.08. The predicted octanol–water partition coefficient (Wildman–Crippen LogP) is 2.60. The van der Waals surface area contributed by atoms with Gasteiger partial charge >= 0.3 is 0 Å². The van der Waals surface area contributed by atoms with Crippen molar-refractivity contribution < 1.29 is 18.6 Å². The minimum absolute atomic E-state index is 0.0262. The molecule has 1 saturated heterocycles. The zero-order valence-corrected chi connectivity index (χ0v) is 17.7. The lowest BCUT2D eigenvalue weighted by Gasteiger charge is -2.38. The van der Waals surface area contributed by atoms with Crippen molar-refractivity contribution in [2.45, 2.75) is 23.6 Å². The summed E-state index contributed by atoms with van der Waals surface area (Å²) in [5, 5.41) is 4.69. The van der Waals surface area contributed by atoms with Crippen LogP contribution in [0.2, 0.25) is 0 Å². The first-order valence-corrected chi connectivity index (χ1v) is 11.6. The Hall–Kier alpha value is -1.91. The third-order valence-corrected chi connectivity index (χ3v) is 7.12. The van der Waals surface area contributed by atoms with E-state index < -0.39 is 10.6 Å². The summed E-state index contributed by atoms with van der Waals surface area (Å²) in [7, 11) is 1.03. The van der Waals surface area contributed by atoms with Crippen molar-refractivity contribution >= 4 is 16.5 Å². The molecule has 9 heteroatoms. The van der Waals surface area contributed by atoms with Crippen molar-refractivity contribution in [1.29, 1.82) is 0 Å². The second-order valence-electron chi connectivity index (χ2n) is 7.77. The molecule has 1 fully saturated rings. The Kier molecular flexibility index (Phi) is 5.67. The fourth-order valence-electron chi connectivity index (χ4n) is 3.95. The predicted molar refractivity (Wildman–Crippen MR) is 112 cm³/mol. The Morgan fingerprint density at radius 2 is 1.97 bits per heavy atom. The first-order chi connectivity index (χ1) is 13.9. The third kappa shape index (κ3) is 3.93. The van der Waals surface area contributed by atoms with Crippen molar-refractivity contribution in [3.8, 4) is 11.3 Å². The maximum atomic E-state index is 13.2. The topological polar surface area (TPSA) is 91.1 Å². The number of fused-ring (bicyclic) bond motifs is 3. The lowest BCUT2D eigenvalue weighted by Crippen LogP contribution is -2.41. The zero-order chi connectivity index (χ0) is 20.6. The van der Waals surface area contributed by atoms with Gasteiger partial charge < -0.3 is 14.5 Å². The fraction of sp³-hybridized carbons (Fsp3) is 0.500. The average Bonchev–Trinajstić information content (AvgIpc) is 3.05. The summed E-state index contributed by atoms with van der Waals surface area (Å²) < 4.78 is 28.8. The van der Waals surface area contributed by atoms with E-state index in [0.717, 1.165) is 24.2 Å². The quantitative estimate of drug-likeness (QED) is 0.773. The summed E-state index contributed by atoms with van der Waals surface area (Å²) in [6.07, 6.45) is 0.880. The first kappa shape index (κ1) is 20.4. The third-order valence-electron chi connectivity index (χ3n) is 5.37. The van der Waals surface area contributed by atoms with Gasteiger partial charge in [0.1, 0.15) is 0 Å². The monoisotopic (exact) mass is 420 g/mol. The standard InChI is InChI=1S/C20H28N4O4S/c1-22(2)8-5-9-24-19-15-6-3-4-7-17(15)29(26,27)14-16(19)18(21-24)20(25)23-10-12-28-13-11-23/h3-4,6-7,26-27H,5,8-14H2,1-2H3. The van der Waals surface area contributed by atoms with E-state index in [2.05, 4.69) is 10.00 Å². The maximum absolute atomic E-state index is 13.2. The van der Waals surface area contributed by atoms with Gasteiger partial charge in [-0.3, -0.25) is 18.6 Å². The summed E-state index contributed by atoms with van der Waals surface area (Å²) in [5.74, 6) is -0.135. The summed E-state index contributed by atoms with van der Waals surface area (Å²) >= 11 is 0. The Morgan fingerprint density at radius 1 is 1.24 bits per heavy atom. The number of rotatable bonds is 5. The highest BCUT2D eigenvalue weighted by Crippen LogP contribution is 2.59. The van der Waals surface area contributed by atoms with E-state index in [1.54, 1.807) is 11.0 Å². The Labute approximate surface area is 172 Å². The van der Waals surface area contributed by atoms with E-state index in [0.29, 0.717) is 49.0 Å². The fourth-order valence-corrected chi connectivity index (χ4v) is 5.60. The molecule has 158 valence electrons. The van der Waals surface area contributed by atoms with Gasteiger partial charge in [0.25, 0.3) is 5.91 Å². The van der Waals surface area contributed by atoms with E-state index in [9.17, 15) is 13.9 Å². The van der Waals surface area contributed by atoms with Crippen LogP contribution in [0.15, 0.2) is 29.2 Å². The number of hydrogen-bond donors (Lipinski definition) is 2. The number of hydrogen-bond acceptors (Lipinski definition) is 6. The van der Waals surface area contributed by atoms with Crippen LogP contribution in [0.25, 0.3) is 11.3 Å². The molecule has 29 heavy (non-hydrogen) atoms. The van der Waals surface area contributed by atoms with Crippen molar-refractivity contribution in [2.24, 2.45) is 0 Å². The number of aromatic nitrogens is 2. The number of nitrogens with zero attached hydrogens (tertiary/aromatic N) is 4. The van der Waals surface area contributed by atoms with E-state index >= 15 is 0 Å². The SMILES string of the molecule is CN(C)CCCn1nc(C(=O)N2CCOCC2)c2c1-c1ccccc1S(O)(O)C2. The van der Waals surface area contributed by atoms with Crippen molar-refractivity contribution in [3.63, 3.8) is 0 Å². The van der Waals surface area contributed by atoms with Gasteiger partial charge in [0.2, 0.25) is 0 Å². The number of carbonyl (C=O) groups is 1. The largest absolute Gasteiger partial charge is 0.378 e. The summed E-state index contributed by atoms with van der Waals surface area (Å²) in [6.45, 7) is 3.62. The normalized spacial score (nSPS) is 19.0. The molecule has 0 bridgehead atoms. The minimum Gasteiger partial charge on any atom is -0.378 e. The molecule has 0 spiro atoms. The average molecular weight is 421 g/mol. The number of morpholine rings is 1. The van der Waals surface area contributed by atoms with E-state index in [4.69, 9.17) is 4.74 Å². The second-order valence-corrected chi connectivity index (χ2v) is 9.83. The van der Waals surface area contributed by atoms with Crippen LogP contribution in [-0.4, -0.2) is 81.5 Å². The molecule has 4 rings (SSSR count).